The lowest BCUT2D eigenvalue weighted by Gasteiger charge is -2.39. The van der Waals surface area contributed by atoms with Crippen LogP contribution < -0.4 is 20.1 Å². The van der Waals surface area contributed by atoms with E-state index in [0.29, 0.717) is 54.2 Å². The number of piperazine rings is 1. The lowest BCUT2D eigenvalue weighted by atomic mass is 9.72. The van der Waals surface area contributed by atoms with Gasteiger partial charge in [0.1, 0.15) is 16.3 Å². The second kappa shape index (κ2) is 17.5. The minimum Gasteiger partial charge on any atom is -0.381 e. The third-order valence-electron chi connectivity index (χ3n) is 12.2. The number of nitro benzene ring substituents is 1. The summed E-state index contributed by atoms with van der Waals surface area (Å²) in [7, 11) is -4.52. The van der Waals surface area contributed by atoms with Gasteiger partial charge in [0.15, 0.2) is 0 Å². The third-order valence-corrected chi connectivity index (χ3v) is 13.7. The number of carbonyl (C=O) groups is 1. The van der Waals surface area contributed by atoms with Crippen molar-refractivity contribution in [3.63, 3.8) is 0 Å². The highest BCUT2D eigenvalue weighted by atomic mass is 35.5. The number of benzene rings is 4. The first-order valence-electron chi connectivity index (χ1n) is 20.8. The van der Waals surface area contributed by atoms with E-state index in [9.17, 15) is 23.3 Å². The summed E-state index contributed by atoms with van der Waals surface area (Å²) in [6.07, 6.45) is 6.90. The van der Waals surface area contributed by atoms with Gasteiger partial charge in [-0.1, -0.05) is 43.2 Å². The summed E-state index contributed by atoms with van der Waals surface area (Å²) in [5.74, 6) is -0.562. The Bertz CT molecular complexity index is 2590. The van der Waals surface area contributed by atoms with Crippen LogP contribution in [-0.2, 0) is 14.9 Å². The zero-order chi connectivity index (χ0) is 42.9. The van der Waals surface area contributed by atoms with Gasteiger partial charge in [-0.3, -0.25) is 19.8 Å². The molecule has 1 amide bonds. The number of nitro groups is 1. The molecule has 15 heteroatoms. The van der Waals surface area contributed by atoms with Gasteiger partial charge in [-0.05, 0) is 121 Å². The monoisotopic (exact) mass is 866 g/mol. The number of nitrogens with zero attached hydrogens (tertiary/aromatic N) is 4. The van der Waals surface area contributed by atoms with E-state index in [4.69, 9.17) is 26.3 Å². The second-order valence-corrected chi connectivity index (χ2v) is 19.1. The van der Waals surface area contributed by atoms with E-state index in [1.807, 2.05) is 12.1 Å². The average molecular weight is 867 g/mol. The lowest BCUT2D eigenvalue weighted by Crippen LogP contribution is -2.47. The number of anilines is 2. The Hall–Kier alpha value is -5.41. The first-order valence-corrected chi connectivity index (χ1v) is 22.6. The molecule has 2 aliphatic heterocycles. The molecule has 0 saturated carbocycles. The fourth-order valence-electron chi connectivity index (χ4n) is 8.78. The Kier molecular flexibility index (Phi) is 12.1. The van der Waals surface area contributed by atoms with Crippen molar-refractivity contribution in [1.29, 1.82) is 0 Å². The molecule has 61 heavy (non-hydrogen) atoms. The molecule has 5 aromatic rings. The highest BCUT2D eigenvalue weighted by molar-refractivity contribution is 7.87. The van der Waals surface area contributed by atoms with Crippen molar-refractivity contribution in [3.8, 4) is 11.4 Å². The van der Waals surface area contributed by atoms with E-state index in [0.717, 1.165) is 63.4 Å². The first-order chi connectivity index (χ1) is 29.2. The minimum atomic E-state index is -4.52. The normalized spacial score (nSPS) is 18.6. The van der Waals surface area contributed by atoms with E-state index < -0.39 is 20.9 Å². The number of allylic oxidation sites excluding steroid dienone is 1. The molecule has 1 atom stereocenters. The molecular formula is C46H51ClN6O7S. The fraction of sp³-hybridized carbons (Fsp3) is 0.370. The molecule has 3 N–H and O–H groups in total. The molecule has 8 rings (SSSR count). The van der Waals surface area contributed by atoms with Gasteiger partial charge >= 0.3 is 10.1 Å². The second-order valence-electron chi connectivity index (χ2n) is 17.1. The van der Waals surface area contributed by atoms with E-state index in [2.05, 4.69) is 41.1 Å². The van der Waals surface area contributed by atoms with Crippen LogP contribution in [0.15, 0.2) is 102 Å². The van der Waals surface area contributed by atoms with Crippen molar-refractivity contribution in [2.45, 2.75) is 50.8 Å². The molecule has 3 aliphatic rings. The number of nitrogens with one attached hydrogen (secondary N) is 1. The molecule has 320 valence electrons. The van der Waals surface area contributed by atoms with Crippen LogP contribution in [0.1, 0.15) is 61.9 Å². The summed E-state index contributed by atoms with van der Waals surface area (Å²) in [6, 6.07) is 24.3. The number of amides is 1. The van der Waals surface area contributed by atoms with Crippen LogP contribution in [0.5, 0.6) is 5.75 Å². The number of hydrogen-bond donors (Lipinski definition) is 2. The molecule has 3 heterocycles. The van der Waals surface area contributed by atoms with Crippen molar-refractivity contribution in [2.24, 2.45) is 17.1 Å². The number of hydrogen-bond acceptors (Lipinski definition) is 10. The Morgan fingerprint density at radius 1 is 1.00 bits per heavy atom. The summed E-state index contributed by atoms with van der Waals surface area (Å²) in [5.41, 5.74) is 12.1. The molecule has 4 aromatic carbocycles. The summed E-state index contributed by atoms with van der Waals surface area (Å²) in [5, 5.41) is 16.7. The smallest absolute Gasteiger partial charge is 0.340 e. The molecule has 0 radical (unpaired) electrons. The highest BCUT2D eigenvalue weighted by Crippen LogP contribution is 2.43. The lowest BCUT2D eigenvalue weighted by molar-refractivity contribution is -0.383. The predicted molar refractivity (Wildman–Crippen MR) is 239 cm³/mol. The van der Waals surface area contributed by atoms with Gasteiger partial charge in [-0.25, -0.2) is 0 Å². The van der Waals surface area contributed by atoms with Crippen LogP contribution in [0, 0.1) is 21.4 Å². The van der Waals surface area contributed by atoms with Gasteiger partial charge in [0.25, 0.3) is 5.69 Å². The van der Waals surface area contributed by atoms with Crippen LogP contribution >= 0.6 is 11.6 Å². The molecule has 1 aliphatic carbocycles. The Morgan fingerprint density at radius 2 is 1.77 bits per heavy atom. The highest BCUT2D eigenvalue weighted by Gasteiger charge is 2.31. The number of rotatable bonds is 13. The number of carbonyl (C=O) groups excluding carboxylic acids is 1. The van der Waals surface area contributed by atoms with Crippen LogP contribution in [0.2, 0.25) is 5.02 Å². The number of nitrogens with two attached hydrogens (primary N) is 1. The number of ether oxygens (including phenoxy) is 1. The number of primary amides is 1. The van der Waals surface area contributed by atoms with Crippen molar-refractivity contribution in [1.82, 2.24) is 9.47 Å². The van der Waals surface area contributed by atoms with E-state index in [1.165, 1.54) is 41.0 Å². The number of aromatic nitrogens is 1. The maximum atomic E-state index is 13.9. The SMILES string of the molecule is CC1(C)CCC(CN2CCN(c3ccc(C(N)=O)c(S(=O)(=O)Oc4ccc5c(ccn5-c5ccc(NC[C@H]6CCCOC6)c([N+](=O)[O-])c5)c4)c3)CC2)=C(c2ccc(Cl)cc2)C1. The molecule has 1 aromatic heterocycles. The summed E-state index contributed by atoms with van der Waals surface area (Å²) in [6.45, 7) is 10.3. The zero-order valence-corrected chi connectivity index (χ0v) is 36.0. The summed E-state index contributed by atoms with van der Waals surface area (Å²) < 4.78 is 40.9. The maximum absolute atomic E-state index is 13.9. The van der Waals surface area contributed by atoms with E-state index in [-0.39, 0.29) is 33.2 Å². The first kappa shape index (κ1) is 42.3. The Morgan fingerprint density at radius 3 is 2.49 bits per heavy atom. The van der Waals surface area contributed by atoms with Crippen molar-refractivity contribution in [2.75, 3.05) is 62.7 Å². The fourth-order valence-corrected chi connectivity index (χ4v) is 10.1. The molecule has 13 nitrogen and oxygen atoms in total. The Labute approximate surface area is 361 Å². The molecule has 0 unspecified atom stereocenters. The molecule has 0 bridgehead atoms. The van der Waals surface area contributed by atoms with Crippen LogP contribution in [0.3, 0.4) is 0 Å². The topological polar surface area (TPSA) is 162 Å². The van der Waals surface area contributed by atoms with Gasteiger partial charge < -0.3 is 29.4 Å². The number of halogens is 1. The number of fused-ring (bicyclic) bond motifs is 1. The zero-order valence-electron chi connectivity index (χ0n) is 34.4. The Balaban J connectivity index is 0.967. The van der Waals surface area contributed by atoms with Crippen molar-refractivity contribution < 1.29 is 27.1 Å². The van der Waals surface area contributed by atoms with Gasteiger partial charge in [0.05, 0.1) is 28.3 Å². The molecule has 0 spiro atoms. The maximum Gasteiger partial charge on any atom is 0.340 e. The van der Waals surface area contributed by atoms with Gasteiger partial charge in [0, 0.05) is 74.2 Å². The van der Waals surface area contributed by atoms with E-state index in [1.54, 1.807) is 47.2 Å². The minimum absolute atomic E-state index is 0.0373. The van der Waals surface area contributed by atoms with Crippen LogP contribution in [-0.4, -0.2) is 81.2 Å². The third kappa shape index (κ3) is 9.57. The molecule has 2 saturated heterocycles. The van der Waals surface area contributed by atoms with Gasteiger partial charge in [0.2, 0.25) is 5.91 Å². The molecular weight excluding hydrogens is 816 g/mol. The average Bonchev–Trinajstić information content (AvgIpc) is 3.67. The van der Waals surface area contributed by atoms with E-state index >= 15 is 0 Å². The van der Waals surface area contributed by atoms with Crippen LogP contribution in [0.25, 0.3) is 22.2 Å². The van der Waals surface area contributed by atoms with Gasteiger partial charge in [-0.2, -0.15) is 8.42 Å². The largest absolute Gasteiger partial charge is 0.381 e. The summed E-state index contributed by atoms with van der Waals surface area (Å²) >= 11 is 6.22. The standard InChI is InChI=1S/C46H51ClN6O7S/c1-46(2)17-15-34(40(27-46)32-5-7-35(47)8-6-32)29-50-19-21-51(22-20-50)36-9-12-39(45(48)54)44(26-36)61(57,58)60-38-11-14-42-33(24-38)16-18-52(42)37-10-13-41(43(25-37)53(55)56)49-28-31-4-3-23-59-30-31/h5-14,16,18,24-26,31,49H,3-4,15,17,19-23,27-30H2,1-2H3,(H2,48,54)/t31-/m1/s1. The van der Waals surface area contributed by atoms with Crippen molar-refractivity contribution >= 4 is 61.2 Å². The predicted octanol–water partition coefficient (Wildman–Crippen LogP) is 8.68. The van der Waals surface area contributed by atoms with Gasteiger partial charge in [-0.15, -0.1) is 0 Å². The quantitative estimate of drug-likeness (QED) is 0.0665. The molecule has 2 fully saturated rings. The van der Waals surface area contributed by atoms with Crippen LogP contribution in [0.4, 0.5) is 17.1 Å². The van der Waals surface area contributed by atoms with Crippen molar-refractivity contribution in [3.05, 3.63) is 123 Å². The summed E-state index contributed by atoms with van der Waals surface area (Å²) in [4.78, 5) is 28.5.